The van der Waals surface area contributed by atoms with Crippen LogP contribution >= 0.6 is 15.9 Å². The molecule has 0 amide bonds. The molecule has 5 heteroatoms. The molecule has 108 valence electrons. The Morgan fingerprint density at radius 2 is 2.10 bits per heavy atom. The molecule has 0 aliphatic rings. The number of nitrogens with one attached hydrogen (secondary N) is 1. The molecule has 0 aliphatic carbocycles. The fourth-order valence-electron chi connectivity index (χ4n) is 2.16. The summed E-state index contributed by atoms with van der Waals surface area (Å²) < 4.78 is 11.8. The predicted octanol–water partition coefficient (Wildman–Crippen LogP) is 4.52. The molecule has 2 aromatic carbocycles. The number of anilines is 1. The number of methoxy groups -OCH3 is 1. The van der Waals surface area contributed by atoms with E-state index in [4.69, 9.17) is 9.15 Å². The third-order valence-electron chi connectivity index (χ3n) is 3.23. The van der Waals surface area contributed by atoms with Gasteiger partial charge in [-0.1, -0.05) is 15.9 Å². The van der Waals surface area contributed by atoms with E-state index in [2.05, 4.69) is 26.2 Å². The van der Waals surface area contributed by atoms with Crippen LogP contribution in [0, 0.1) is 6.92 Å². The quantitative estimate of drug-likeness (QED) is 0.754. The number of hydrogen-bond acceptors (Lipinski definition) is 4. The highest BCUT2D eigenvalue weighted by atomic mass is 79.9. The Morgan fingerprint density at radius 3 is 2.90 bits per heavy atom. The fourth-order valence-corrected chi connectivity index (χ4v) is 2.55. The first-order valence-corrected chi connectivity index (χ1v) is 7.38. The number of rotatable bonds is 4. The van der Waals surface area contributed by atoms with Gasteiger partial charge in [0.2, 0.25) is 0 Å². The highest BCUT2D eigenvalue weighted by Crippen LogP contribution is 2.24. The zero-order valence-corrected chi connectivity index (χ0v) is 13.4. The molecule has 4 nitrogen and oxygen atoms in total. The van der Waals surface area contributed by atoms with E-state index < -0.39 is 0 Å². The molecule has 0 saturated carbocycles. The number of fused-ring (bicyclic) bond motifs is 1. The Morgan fingerprint density at radius 1 is 1.24 bits per heavy atom. The van der Waals surface area contributed by atoms with E-state index in [1.165, 1.54) is 0 Å². The van der Waals surface area contributed by atoms with Crippen molar-refractivity contribution in [1.29, 1.82) is 0 Å². The van der Waals surface area contributed by atoms with Crippen molar-refractivity contribution >= 4 is 32.7 Å². The topological polar surface area (TPSA) is 47.3 Å². The Labute approximate surface area is 131 Å². The van der Waals surface area contributed by atoms with Crippen molar-refractivity contribution < 1.29 is 9.15 Å². The van der Waals surface area contributed by atoms with Gasteiger partial charge in [0.05, 0.1) is 7.11 Å². The number of nitrogens with zero attached hydrogens (tertiary/aromatic N) is 1. The lowest BCUT2D eigenvalue weighted by molar-refractivity contribution is 0.414. The van der Waals surface area contributed by atoms with Crippen LogP contribution in [0.1, 0.15) is 11.5 Å². The van der Waals surface area contributed by atoms with Crippen LogP contribution in [0.25, 0.3) is 11.1 Å². The second-order valence-corrected chi connectivity index (χ2v) is 5.58. The maximum atomic E-state index is 5.47. The van der Waals surface area contributed by atoms with Crippen LogP contribution in [-0.4, -0.2) is 12.1 Å². The maximum Gasteiger partial charge on any atom is 0.192 e. The van der Waals surface area contributed by atoms with E-state index in [0.29, 0.717) is 12.4 Å². The van der Waals surface area contributed by atoms with Gasteiger partial charge in [-0.25, -0.2) is 4.98 Å². The van der Waals surface area contributed by atoms with Gasteiger partial charge in [-0.3, -0.25) is 0 Å². The van der Waals surface area contributed by atoms with Crippen LogP contribution in [0.3, 0.4) is 0 Å². The van der Waals surface area contributed by atoms with E-state index >= 15 is 0 Å². The summed E-state index contributed by atoms with van der Waals surface area (Å²) in [5, 5.41) is 3.39. The van der Waals surface area contributed by atoms with Crippen molar-refractivity contribution in [3.63, 3.8) is 0 Å². The molecule has 0 atom stereocenters. The standard InChI is InChI=1S/C16H15BrN2O2/c1-10-19-15-8-12(3-6-16(15)21-10)18-9-11-7-13(20-2)4-5-14(11)17/h3-8,18H,9H2,1-2H3. The van der Waals surface area contributed by atoms with Crippen molar-refractivity contribution in [3.05, 3.63) is 52.3 Å². The Balaban J connectivity index is 1.79. The first kappa shape index (κ1) is 13.9. The largest absolute Gasteiger partial charge is 0.497 e. The van der Waals surface area contributed by atoms with Crippen LogP contribution in [0.4, 0.5) is 5.69 Å². The lowest BCUT2D eigenvalue weighted by Gasteiger charge is -2.10. The van der Waals surface area contributed by atoms with Crippen molar-refractivity contribution in [2.75, 3.05) is 12.4 Å². The SMILES string of the molecule is COc1ccc(Br)c(CNc2ccc3oc(C)nc3c2)c1. The van der Waals surface area contributed by atoms with Crippen molar-refractivity contribution in [1.82, 2.24) is 4.98 Å². The molecule has 21 heavy (non-hydrogen) atoms. The lowest BCUT2D eigenvalue weighted by atomic mass is 10.2. The molecule has 0 aliphatic heterocycles. The first-order valence-electron chi connectivity index (χ1n) is 6.59. The minimum Gasteiger partial charge on any atom is -0.497 e. The molecule has 0 unspecified atom stereocenters. The third kappa shape index (κ3) is 3.03. The highest BCUT2D eigenvalue weighted by molar-refractivity contribution is 9.10. The minimum absolute atomic E-state index is 0.678. The molecule has 0 fully saturated rings. The lowest BCUT2D eigenvalue weighted by Crippen LogP contribution is -2.00. The highest BCUT2D eigenvalue weighted by Gasteiger charge is 2.05. The summed E-state index contributed by atoms with van der Waals surface area (Å²) in [4.78, 5) is 4.34. The number of benzene rings is 2. The van der Waals surface area contributed by atoms with Gasteiger partial charge in [-0.15, -0.1) is 0 Å². The molecule has 0 spiro atoms. The molecule has 3 rings (SSSR count). The number of aryl methyl sites for hydroxylation is 1. The van der Waals surface area contributed by atoms with E-state index in [0.717, 1.165) is 32.6 Å². The molecular formula is C16H15BrN2O2. The summed E-state index contributed by atoms with van der Waals surface area (Å²) in [5.74, 6) is 1.52. The summed E-state index contributed by atoms with van der Waals surface area (Å²) in [7, 11) is 1.67. The molecule has 0 radical (unpaired) electrons. The van der Waals surface area contributed by atoms with Gasteiger partial charge in [-0.2, -0.15) is 0 Å². The van der Waals surface area contributed by atoms with Gasteiger partial charge in [0.15, 0.2) is 11.5 Å². The predicted molar refractivity (Wildman–Crippen MR) is 86.8 cm³/mol. The van der Waals surface area contributed by atoms with Crippen LogP contribution in [0.2, 0.25) is 0 Å². The van der Waals surface area contributed by atoms with Gasteiger partial charge >= 0.3 is 0 Å². The molecular weight excluding hydrogens is 332 g/mol. The van der Waals surface area contributed by atoms with E-state index in [-0.39, 0.29) is 0 Å². The molecule has 1 N–H and O–H groups in total. The maximum absolute atomic E-state index is 5.47. The average molecular weight is 347 g/mol. The third-order valence-corrected chi connectivity index (χ3v) is 4.00. The normalized spacial score (nSPS) is 10.8. The molecule has 1 aromatic heterocycles. The summed E-state index contributed by atoms with van der Waals surface area (Å²) in [5.41, 5.74) is 3.80. The summed E-state index contributed by atoms with van der Waals surface area (Å²) in [6.45, 7) is 2.54. The molecule has 0 bridgehead atoms. The average Bonchev–Trinajstić information content (AvgIpc) is 2.85. The van der Waals surface area contributed by atoms with E-state index in [9.17, 15) is 0 Å². The Kier molecular flexibility index (Phi) is 3.84. The van der Waals surface area contributed by atoms with Crippen molar-refractivity contribution in [2.45, 2.75) is 13.5 Å². The zero-order chi connectivity index (χ0) is 14.8. The fraction of sp³-hybridized carbons (Fsp3) is 0.188. The minimum atomic E-state index is 0.678. The number of oxazole rings is 1. The molecule has 1 heterocycles. The first-order chi connectivity index (χ1) is 10.2. The number of ether oxygens (including phenoxy) is 1. The second kappa shape index (κ2) is 5.77. The number of aromatic nitrogens is 1. The zero-order valence-electron chi connectivity index (χ0n) is 11.8. The molecule has 3 aromatic rings. The van der Waals surface area contributed by atoms with Crippen molar-refractivity contribution in [3.8, 4) is 5.75 Å². The van der Waals surface area contributed by atoms with Gasteiger partial charge in [0.25, 0.3) is 0 Å². The van der Waals surface area contributed by atoms with E-state index in [1.807, 2.05) is 43.3 Å². The van der Waals surface area contributed by atoms with E-state index in [1.54, 1.807) is 7.11 Å². The van der Waals surface area contributed by atoms with Gasteiger partial charge in [0, 0.05) is 23.6 Å². The van der Waals surface area contributed by atoms with Gasteiger partial charge in [-0.05, 0) is 42.0 Å². The van der Waals surface area contributed by atoms with Crippen LogP contribution in [-0.2, 0) is 6.54 Å². The monoisotopic (exact) mass is 346 g/mol. The van der Waals surface area contributed by atoms with Crippen LogP contribution in [0.15, 0.2) is 45.3 Å². The number of halogens is 1. The number of hydrogen-bond donors (Lipinski definition) is 1. The molecule has 0 saturated heterocycles. The smallest absolute Gasteiger partial charge is 0.192 e. The Hall–Kier alpha value is -2.01. The van der Waals surface area contributed by atoms with Gasteiger partial charge < -0.3 is 14.5 Å². The second-order valence-electron chi connectivity index (χ2n) is 4.73. The summed E-state index contributed by atoms with van der Waals surface area (Å²) in [6, 6.07) is 11.8. The van der Waals surface area contributed by atoms with Crippen molar-refractivity contribution in [2.24, 2.45) is 0 Å². The summed E-state index contributed by atoms with van der Waals surface area (Å²) >= 11 is 3.55. The Bertz CT molecular complexity index is 783. The summed E-state index contributed by atoms with van der Waals surface area (Å²) in [6.07, 6.45) is 0. The van der Waals surface area contributed by atoms with Crippen LogP contribution in [0.5, 0.6) is 5.75 Å². The van der Waals surface area contributed by atoms with Crippen LogP contribution < -0.4 is 10.1 Å². The van der Waals surface area contributed by atoms with Gasteiger partial charge in [0.1, 0.15) is 11.3 Å².